The first-order valence-electron chi connectivity index (χ1n) is 8.82. The van der Waals surface area contributed by atoms with Crippen LogP contribution in [0.1, 0.15) is 38.6 Å². The molecule has 0 aliphatic carbocycles. The number of carbonyl (C=O) groups is 2. The van der Waals surface area contributed by atoms with Crippen LogP contribution in [0.5, 0.6) is 0 Å². The first-order chi connectivity index (χ1) is 12.6. The molecule has 144 valence electrons. The second-order valence-electron chi connectivity index (χ2n) is 7.36. The van der Waals surface area contributed by atoms with Gasteiger partial charge in [0, 0.05) is 40.4 Å². The van der Waals surface area contributed by atoms with Crippen LogP contribution in [0.2, 0.25) is 0 Å². The quantitative estimate of drug-likeness (QED) is 0.739. The number of carbonyl (C=O) groups excluding carboxylic acids is 2. The number of anilines is 1. The van der Waals surface area contributed by atoms with Gasteiger partial charge in [-0.15, -0.1) is 0 Å². The van der Waals surface area contributed by atoms with Gasteiger partial charge in [-0.3, -0.25) is 9.59 Å². The Bertz CT molecular complexity index is 793. The lowest BCUT2D eigenvalue weighted by atomic mass is 9.96. The minimum atomic E-state index is -0.455. The molecule has 7 heteroatoms. The molecule has 0 saturated carbocycles. The Hall–Kier alpha value is -2.41. The molecule has 1 heterocycles. The van der Waals surface area contributed by atoms with Crippen molar-refractivity contribution in [2.75, 3.05) is 11.9 Å². The van der Waals surface area contributed by atoms with E-state index >= 15 is 0 Å². The van der Waals surface area contributed by atoms with Gasteiger partial charge in [-0.2, -0.15) is 0 Å². The highest BCUT2D eigenvalue weighted by molar-refractivity contribution is 7.99. The van der Waals surface area contributed by atoms with Gasteiger partial charge in [-0.1, -0.05) is 20.8 Å². The normalized spacial score (nSPS) is 11.1. The predicted molar refractivity (Wildman–Crippen MR) is 108 cm³/mol. The van der Waals surface area contributed by atoms with E-state index in [0.29, 0.717) is 17.4 Å². The van der Waals surface area contributed by atoms with E-state index in [1.54, 1.807) is 0 Å². The third-order valence-corrected chi connectivity index (χ3v) is 4.50. The average molecular weight is 387 g/mol. The van der Waals surface area contributed by atoms with Gasteiger partial charge in [-0.05, 0) is 55.9 Å². The summed E-state index contributed by atoms with van der Waals surface area (Å²) < 4.78 is 0. The Morgan fingerprint density at radius 2 is 1.63 bits per heavy atom. The number of aromatic nitrogens is 2. The summed E-state index contributed by atoms with van der Waals surface area (Å²) in [7, 11) is 0. The van der Waals surface area contributed by atoms with Crippen LogP contribution in [0.3, 0.4) is 0 Å². The zero-order chi connectivity index (χ0) is 20.0. The molecule has 0 spiro atoms. The van der Waals surface area contributed by atoms with E-state index in [9.17, 15) is 9.59 Å². The topological polar surface area (TPSA) is 84.0 Å². The van der Waals surface area contributed by atoms with Crippen LogP contribution in [0.25, 0.3) is 0 Å². The summed E-state index contributed by atoms with van der Waals surface area (Å²) in [6.45, 7) is 9.73. The van der Waals surface area contributed by atoms with Gasteiger partial charge in [-0.25, -0.2) is 9.97 Å². The number of hydrogen-bond acceptors (Lipinski definition) is 5. The van der Waals surface area contributed by atoms with E-state index in [-0.39, 0.29) is 18.2 Å². The fourth-order valence-electron chi connectivity index (χ4n) is 2.23. The SMILES string of the molecule is Cc1cc(C)nc(Sc2ccc(NC(=O)CCNC(=O)C(C)(C)C)cc2)n1. The molecule has 27 heavy (non-hydrogen) atoms. The molecule has 0 unspecified atom stereocenters. The van der Waals surface area contributed by atoms with E-state index < -0.39 is 5.41 Å². The summed E-state index contributed by atoms with van der Waals surface area (Å²) in [4.78, 5) is 33.6. The second kappa shape index (κ2) is 8.99. The summed E-state index contributed by atoms with van der Waals surface area (Å²) in [5, 5.41) is 6.31. The van der Waals surface area contributed by atoms with Crippen molar-refractivity contribution in [3.8, 4) is 0 Å². The van der Waals surface area contributed by atoms with Crippen molar-refractivity contribution >= 4 is 29.3 Å². The summed E-state index contributed by atoms with van der Waals surface area (Å²) in [5.74, 6) is -0.201. The largest absolute Gasteiger partial charge is 0.355 e. The van der Waals surface area contributed by atoms with Gasteiger partial charge in [0.2, 0.25) is 11.8 Å². The van der Waals surface area contributed by atoms with E-state index in [4.69, 9.17) is 0 Å². The van der Waals surface area contributed by atoms with Crippen molar-refractivity contribution in [1.29, 1.82) is 0 Å². The Balaban J connectivity index is 1.84. The highest BCUT2D eigenvalue weighted by Gasteiger charge is 2.20. The molecule has 6 nitrogen and oxygen atoms in total. The molecule has 2 N–H and O–H groups in total. The van der Waals surface area contributed by atoms with Crippen LogP contribution in [0, 0.1) is 19.3 Å². The number of rotatable bonds is 6. The molecular formula is C20H26N4O2S. The van der Waals surface area contributed by atoms with Crippen LogP contribution in [0.15, 0.2) is 40.4 Å². The standard InChI is InChI=1S/C20H26N4O2S/c1-13-12-14(2)23-19(22-13)27-16-8-6-15(7-9-16)24-17(25)10-11-21-18(26)20(3,4)5/h6-9,12H,10-11H2,1-5H3,(H,21,26)(H,24,25). The number of benzene rings is 1. The van der Waals surface area contributed by atoms with Gasteiger partial charge in [0.15, 0.2) is 5.16 Å². The van der Waals surface area contributed by atoms with Gasteiger partial charge >= 0.3 is 0 Å². The molecular weight excluding hydrogens is 360 g/mol. The first kappa shape index (κ1) is 20.9. The van der Waals surface area contributed by atoms with Crippen molar-refractivity contribution in [2.45, 2.75) is 51.1 Å². The van der Waals surface area contributed by atoms with E-state index in [0.717, 1.165) is 16.3 Å². The summed E-state index contributed by atoms with van der Waals surface area (Å²) in [5.41, 5.74) is 2.14. The minimum Gasteiger partial charge on any atom is -0.355 e. The molecule has 0 atom stereocenters. The maximum atomic E-state index is 12.0. The lowest BCUT2D eigenvalue weighted by Gasteiger charge is -2.17. The van der Waals surface area contributed by atoms with Crippen molar-refractivity contribution in [1.82, 2.24) is 15.3 Å². The zero-order valence-corrected chi connectivity index (χ0v) is 17.2. The van der Waals surface area contributed by atoms with E-state index in [1.165, 1.54) is 11.8 Å². The van der Waals surface area contributed by atoms with E-state index in [2.05, 4.69) is 20.6 Å². The molecule has 0 aliphatic rings. The van der Waals surface area contributed by atoms with Gasteiger partial charge in [0.05, 0.1) is 0 Å². The molecule has 0 fully saturated rings. The average Bonchev–Trinajstić information content (AvgIpc) is 2.54. The van der Waals surface area contributed by atoms with Crippen molar-refractivity contribution in [3.05, 3.63) is 41.7 Å². The van der Waals surface area contributed by atoms with Crippen LogP contribution in [0.4, 0.5) is 5.69 Å². The number of amides is 2. The van der Waals surface area contributed by atoms with Crippen molar-refractivity contribution in [3.63, 3.8) is 0 Å². The third-order valence-electron chi connectivity index (χ3n) is 3.63. The van der Waals surface area contributed by atoms with Gasteiger partial charge in [0.1, 0.15) is 0 Å². The number of hydrogen-bond donors (Lipinski definition) is 2. The fraction of sp³-hybridized carbons (Fsp3) is 0.400. The monoisotopic (exact) mass is 386 g/mol. The maximum absolute atomic E-state index is 12.0. The second-order valence-corrected chi connectivity index (χ2v) is 8.40. The van der Waals surface area contributed by atoms with E-state index in [1.807, 2.05) is 65.0 Å². The zero-order valence-electron chi connectivity index (χ0n) is 16.4. The first-order valence-corrected chi connectivity index (χ1v) is 9.63. The third kappa shape index (κ3) is 7.02. The lowest BCUT2D eigenvalue weighted by molar-refractivity contribution is -0.128. The summed E-state index contributed by atoms with van der Waals surface area (Å²) in [6, 6.07) is 9.46. The molecule has 2 rings (SSSR count). The van der Waals surface area contributed by atoms with Crippen LogP contribution in [-0.2, 0) is 9.59 Å². The fourth-order valence-corrected chi connectivity index (χ4v) is 3.09. The Kier molecular flexibility index (Phi) is 6.96. The molecule has 0 bridgehead atoms. The van der Waals surface area contributed by atoms with Crippen LogP contribution < -0.4 is 10.6 Å². The Morgan fingerprint density at radius 3 is 2.19 bits per heavy atom. The Labute approximate surface area is 164 Å². The number of nitrogens with one attached hydrogen (secondary N) is 2. The Morgan fingerprint density at radius 1 is 1.04 bits per heavy atom. The molecule has 2 amide bonds. The highest BCUT2D eigenvalue weighted by atomic mass is 32.2. The summed E-state index contributed by atoms with van der Waals surface area (Å²) in [6.07, 6.45) is 0.231. The number of nitrogens with zero attached hydrogens (tertiary/aromatic N) is 2. The van der Waals surface area contributed by atoms with Crippen molar-refractivity contribution in [2.24, 2.45) is 5.41 Å². The molecule has 0 saturated heterocycles. The number of aryl methyl sites for hydroxylation is 2. The lowest BCUT2D eigenvalue weighted by Crippen LogP contribution is -2.36. The van der Waals surface area contributed by atoms with Gasteiger partial charge < -0.3 is 10.6 Å². The highest BCUT2D eigenvalue weighted by Crippen LogP contribution is 2.26. The molecule has 1 aromatic carbocycles. The maximum Gasteiger partial charge on any atom is 0.226 e. The molecule has 2 aromatic rings. The predicted octanol–water partition coefficient (Wildman–Crippen LogP) is 3.74. The molecule has 0 aliphatic heterocycles. The van der Waals surface area contributed by atoms with Crippen molar-refractivity contribution < 1.29 is 9.59 Å². The van der Waals surface area contributed by atoms with Gasteiger partial charge in [0.25, 0.3) is 0 Å². The minimum absolute atomic E-state index is 0.0646. The smallest absolute Gasteiger partial charge is 0.226 e. The van der Waals surface area contributed by atoms with Crippen LogP contribution >= 0.6 is 11.8 Å². The molecule has 1 aromatic heterocycles. The summed E-state index contributed by atoms with van der Waals surface area (Å²) >= 11 is 1.48. The molecule has 0 radical (unpaired) electrons. The van der Waals surface area contributed by atoms with Crippen LogP contribution in [-0.4, -0.2) is 28.3 Å².